The molecule has 0 saturated carbocycles. The molecule has 0 radical (unpaired) electrons. The normalized spacial score (nSPS) is 12.0. The smallest absolute Gasteiger partial charge is 0.157 e. The van der Waals surface area contributed by atoms with Crippen molar-refractivity contribution in [3.05, 3.63) is 75.9 Å². The van der Waals surface area contributed by atoms with Crippen LogP contribution in [0.1, 0.15) is 29.3 Å². The van der Waals surface area contributed by atoms with Gasteiger partial charge in [0, 0.05) is 5.02 Å². The number of halogens is 1. The fourth-order valence-corrected chi connectivity index (χ4v) is 3.62. The molecule has 4 rings (SSSR count). The first-order valence-electron chi connectivity index (χ1n) is 9.17. The zero-order valence-corrected chi connectivity index (χ0v) is 17.1. The van der Waals surface area contributed by atoms with Crippen LogP contribution < -0.4 is 0 Å². The fraction of sp³-hybridized carbons (Fsp3) is 0.174. The summed E-state index contributed by atoms with van der Waals surface area (Å²) < 4.78 is 0. The standard InChI is InChI=1S/C23H21ClN4/c1-13-10-14(2)22(15(3)11-13)25-16(4)18-6-5-7-20(26-18)23-27-19-9-8-17(24)12-21(19)28-23/h5-12H,1-4H3,(H,27,28). The molecular weight excluding hydrogens is 368 g/mol. The van der Waals surface area contributed by atoms with Crippen LogP contribution in [0.3, 0.4) is 0 Å². The molecule has 28 heavy (non-hydrogen) atoms. The van der Waals surface area contributed by atoms with Crippen molar-refractivity contribution in [2.24, 2.45) is 4.99 Å². The summed E-state index contributed by atoms with van der Waals surface area (Å²) in [6.07, 6.45) is 0. The van der Waals surface area contributed by atoms with E-state index in [9.17, 15) is 0 Å². The highest BCUT2D eigenvalue weighted by Gasteiger charge is 2.10. The maximum absolute atomic E-state index is 6.07. The lowest BCUT2D eigenvalue weighted by molar-refractivity contribution is 1.21. The third kappa shape index (κ3) is 3.56. The lowest BCUT2D eigenvalue weighted by Gasteiger charge is -2.09. The van der Waals surface area contributed by atoms with E-state index in [2.05, 4.69) is 42.9 Å². The van der Waals surface area contributed by atoms with Gasteiger partial charge in [0.2, 0.25) is 0 Å². The number of imidazole rings is 1. The molecule has 4 nitrogen and oxygen atoms in total. The number of pyridine rings is 1. The largest absolute Gasteiger partial charge is 0.337 e. The highest BCUT2D eigenvalue weighted by Crippen LogP contribution is 2.26. The Bertz CT molecular complexity index is 1200. The summed E-state index contributed by atoms with van der Waals surface area (Å²) >= 11 is 6.07. The molecule has 0 aliphatic rings. The van der Waals surface area contributed by atoms with Crippen molar-refractivity contribution in [1.29, 1.82) is 0 Å². The van der Waals surface area contributed by atoms with Crippen LogP contribution in [0, 0.1) is 20.8 Å². The van der Waals surface area contributed by atoms with Gasteiger partial charge in [-0.05, 0) is 69.2 Å². The van der Waals surface area contributed by atoms with Crippen LogP contribution in [0.5, 0.6) is 0 Å². The summed E-state index contributed by atoms with van der Waals surface area (Å²) in [5.74, 6) is 0.717. The summed E-state index contributed by atoms with van der Waals surface area (Å²) in [6.45, 7) is 8.28. The SMILES string of the molecule is CC(=Nc1c(C)cc(C)cc1C)c1cccc(-c2nc3ccc(Cl)cc3[nH]2)n1. The van der Waals surface area contributed by atoms with Crippen LogP contribution in [0.4, 0.5) is 5.69 Å². The van der Waals surface area contributed by atoms with Gasteiger partial charge in [-0.25, -0.2) is 9.97 Å². The Balaban J connectivity index is 1.74. The minimum absolute atomic E-state index is 0.677. The van der Waals surface area contributed by atoms with E-state index < -0.39 is 0 Å². The number of aromatic nitrogens is 3. The van der Waals surface area contributed by atoms with E-state index in [0.29, 0.717) is 5.02 Å². The lowest BCUT2D eigenvalue weighted by Crippen LogP contribution is -2.00. The number of benzene rings is 2. The van der Waals surface area contributed by atoms with Crippen molar-refractivity contribution >= 4 is 34.0 Å². The Morgan fingerprint density at radius 1 is 0.964 bits per heavy atom. The number of fused-ring (bicyclic) bond motifs is 1. The van der Waals surface area contributed by atoms with Gasteiger partial charge in [0.15, 0.2) is 5.82 Å². The third-order valence-electron chi connectivity index (χ3n) is 4.72. The van der Waals surface area contributed by atoms with E-state index >= 15 is 0 Å². The number of nitrogens with one attached hydrogen (secondary N) is 1. The van der Waals surface area contributed by atoms with E-state index in [1.54, 1.807) is 0 Å². The molecule has 0 atom stereocenters. The maximum Gasteiger partial charge on any atom is 0.157 e. The third-order valence-corrected chi connectivity index (χ3v) is 4.96. The molecule has 0 bridgehead atoms. The van der Waals surface area contributed by atoms with Gasteiger partial charge in [-0.15, -0.1) is 0 Å². The van der Waals surface area contributed by atoms with Crippen molar-refractivity contribution in [2.75, 3.05) is 0 Å². The van der Waals surface area contributed by atoms with Crippen LogP contribution >= 0.6 is 11.6 Å². The average Bonchev–Trinajstić information content (AvgIpc) is 3.07. The summed E-state index contributed by atoms with van der Waals surface area (Å²) in [6, 6.07) is 15.8. The molecule has 0 unspecified atom stereocenters. The molecule has 5 heteroatoms. The number of hydrogen-bond donors (Lipinski definition) is 1. The van der Waals surface area contributed by atoms with Gasteiger partial charge in [-0.3, -0.25) is 4.99 Å². The predicted octanol–water partition coefficient (Wildman–Crippen LogP) is 6.34. The summed E-state index contributed by atoms with van der Waals surface area (Å²) in [5, 5.41) is 0.677. The molecule has 0 saturated heterocycles. The summed E-state index contributed by atoms with van der Waals surface area (Å²) in [7, 11) is 0. The second-order valence-electron chi connectivity index (χ2n) is 7.10. The van der Waals surface area contributed by atoms with Gasteiger partial charge in [-0.2, -0.15) is 0 Å². The second kappa shape index (κ2) is 7.21. The van der Waals surface area contributed by atoms with Crippen molar-refractivity contribution in [1.82, 2.24) is 15.0 Å². The molecule has 0 amide bonds. The van der Waals surface area contributed by atoms with Crippen LogP contribution in [0.2, 0.25) is 5.02 Å². The zero-order valence-electron chi connectivity index (χ0n) is 16.3. The van der Waals surface area contributed by atoms with E-state index in [-0.39, 0.29) is 0 Å². The highest BCUT2D eigenvalue weighted by molar-refractivity contribution is 6.31. The van der Waals surface area contributed by atoms with E-state index in [1.165, 1.54) is 16.7 Å². The molecule has 0 aliphatic carbocycles. The number of H-pyrrole nitrogens is 1. The quantitative estimate of drug-likeness (QED) is 0.416. The van der Waals surface area contributed by atoms with E-state index in [1.807, 2.05) is 43.3 Å². The second-order valence-corrected chi connectivity index (χ2v) is 7.54. The lowest BCUT2D eigenvalue weighted by atomic mass is 10.1. The number of rotatable bonds is 3. The number of nitrogens with zero attached hydrogens (tertiary/aromatic N) is 3. The number of hydrogen-bond acceptors (Lipinski definition) is 3. The zero-order chi connectivity index (χ0) is 19.8. The Hall–Kier alpha value is -2.98. The molecular formula is C23H21ClN4. The Morgan fingerprint density at radius 3 is 2.46 bits per heavy atom. The molecule has 2 aromatic heterocycles. The van der Waals surface area contributed by atoms with Gasteiger partial charge in [0.25, 0.3) is 0 Å². The number of aliphatic imine (C=N–C) groups is 1. The summed E-state index contributed by atoms with van der Waals surface area (Å²) in [5.41, 5.74) is 8.83. The van der Waals surface area contributed by atoms with Crippen LogP contribution in [-0.2, 0) is 0 Å². The summed E-state index contributed by atoms with van der Waals surface area (Å²) in [4.78, 5) is 17.6. The minimum Gasteiger partial charge on any atom is -0.337 e. The first kappa shape index (κ1) is 18.4. The van der Waals surface area contributed by atoms with E-state index in [4.69, 9.17) is 21.6 Å². The average molecular weight is 389 g/mol. The molecule has 0 aliphatic heterocycles. The number of aromatic amines is 1. The first-order valence-corrected chi connectivity index (χ1v) is 9.55. The molecule has 2 heterocycles. The van der Waals surface area contributed by atoms with Gasteiger partial charge < -0.3 is 4.98 Å². The van der Waals surface area contributed by atoms with Crippen molar-refractivity contribution in [3.63, 3.8) is 0 Å². The number of aryl methyl sites for hydroxylation is 3. The van der Waals surface area contributed by atoms with Crippen molar-refractivity contribution in [3.8, 4) is 11.5 Å². The Kier molecular flexibility index (Phi) is 4.73. The van der Waals surface area contributed by atoms with Crippen LogP contribution in [0.25, 0.3) is 22.6 Å². The molecule has 0 fully saturated rings. The van der Waals surface area contributed by atoms with Gasteiger partial charge in [0.05, 0.1) is 28.1 Å². The van der Waals surface area contributed by atoms with Gasteiger partial charge >= 0.3 is 0 Å². The monoisotopic (exact) mass is 388 g/mol. The highest BCUT2D eigenvalue weighted by atomic mass is 35.5. The van der Waals surface area contributed by atoms with E-state index in [0.717, 1.165) is 39.6 Å². The molecule has 2 aromatic carbocycles. The van der Waals surface area contributed by atoms with Crippen LogP contribution in [-0.4, -0.2) is 20.7 Å². The Morgan fingerprint density at radius 2 is 1.71 bits per heavy atom. The fourth-order valence-electron chi connectivity index (χ4n) is 3.44. The predicted molar refractivity (Wildman–Crippen MR) is 117 cm³/mol. The van der Waals surface area contributed by atoms with Gasteiger partial charge in [0.1, 0.15) is 5.69 Å². The Labute approximate surface area is 169 Å². The topological polar surface area (TPSA) is 53.9 Å². The maximum atomic E-state index is 6.07. The van der Waals surface area contributed by atoms with Crippen molar-refractivity contribution < 1.29 is 0 Å². The molecule has 4 aromatic rings. The van der Waals surface area contributed by atoms with Crippen molar-refractivity contribution in [2.45, 2.75) is 27.7 Å². The molecule has 140 valence electrons. The van der Waals surface area contributed by atoms with Crippen LogP contribution in [0.15, 0.2) is 53.5 Å². The van der Waals surface area contributed by atoms with Gasteiger partial charge in [-0.1, -0.05) is 35.4 Å². The molecule has 0 spiro atoms. The minimum atomic E-state index is 0.677. The molecule has 1 N–H and O–H groups in total. The first-order chi connectivity index (χ1) is 13.4.